The number of rotatable bonds is 3. The third-order valence-corrected chi connectivity index (χ3v) is 5.76. The Labute approximate surface area is 148 Å². The first kappa shape index (κ1) is 16.3. The van der Waals surface area contributed by atoms with E-state index in [2.05, 4.69) is 15.8 Å². The molecule has 2 aromatic heterocycles. The zero-order chi connectivity index (χ0) is 17.4. The smallest absolute Gasteiger partial charge is 0.121 e. The molecule has 0 spiro atoms. The number of piperidine rings is 3. The van der Waals surface area contributed by atoms with Crippen molar-refractivity contribution in [2.75, 3.05) is 13.1 Å². The van der Waals surface area contributed by atoms with Crippen molar-refractivity contribution in [1.82, 2.24) is 14.9 Å². The summed E-state index contributed by atoms with van der Waals surface area (Å²) in [5.41, 5.74) is 2.88. The van der Waals surface area contributed by atoms with Gasteiger partial charge in [0.15, 0.2) is 0 Å². The van der Waals surface area contributed by atoms with E-state index in [-0.39, 0.29) is 12.0 Å². The normalized spacial score (nSPS) is 30.8. The second-order valence-corrected chi connectivity index (χ2v) is 7.18. The van der Waals surface area contributed by atoms with Crippen LogP contribution in [0.5, 0.6) is 0 Å². The van der Waals surface area contributed by atoms with Crippen molar-refractivity contribution < 1.29 is 5.11 Å². The lowest BCUT2D eigenvalue weighted by Crippen LogP contribution is -2.63. The van der Waals surface area contributed by atoms with Crippen LogP contribution < -0.4 is 0 Å². The van der Waals surface area contributed by atoms with Crippen LogP contribution >= 0.6 is 0 Å². The van der Waals surface area contributed by atoms with Crippen molar-refractivity contribution in [1.29, 1.82) is 0 Å². The number of aromatic nitrogens is 2. The van der Waals surface area contributed by atoms with Crippen LogP contribution in [0, 0.1) is 25.2 Å². The van der Waals surface area contributed by atoms with Crippen molar-refractivity contribution >= 4 is 0 Å². The summed E-state index contributed by atoms with van der Waals surface area (Å²) < 4.78 is 0. The molecule has 5 heterocycles. The third-order valence-electron chi connectivity index (χ3n) is 5.76. The molecule has 128 valence electrons. The van der Waals surface area contributed by atoms with Gasteiger partial charge in [0.1, 0.15) is 11.6 Å². The summed E-state index contributed by atoms with van der Waals surface area (Å²) in [5, 5.41) is 11.8. The first-order valence-electron chi connectivity index (χ1n) is 8.91. The van der Waals surface area contributed by atoms with Gasteiger partial charge in [-0.05, 0) is 62.5 Å². The lowest BCUT2D eigenvalue weighted by molar-refractivity contribution is -0.143. The molecule has 0 aliphatic carbocycles. The molecule has 2 bridgehead atoms. The lowest BCUT2D eigenvalue weighted by Gasteiger charge is -2.54. The maximum Gasteiger partial charge on any atom is 0.121 e. The van der Waals surface area contributed by atoms with E-state index < -0.39 is 5.60 Å². The summed E-state index contributed by atoms with van der Waals surface area (Å²) in [5.74, 6) is 3.06. The van der Waals surface area contributed by atoms with Crippen LogP contribution in [0.1, 0.15) is 35.4 Å². The summed E-state index contributed by atoms with van der Waals surface area (Å²) >= 11 is 0. The Bertz CT molecular complexity index is 806. The van der Waals surface area contributed by atoms with E-state index in [1.807, 2.05) is 31.2 Å². The van der Waals surface area contributed by atoms with Crippen molar-refractivity contribution in [3.8, 4) is 12.3 Å². The van der Waals surface area contributed by atoms with Crippen LogP contribution in [0.4, 0.5) is 0 Å². The number of hydrogen-bond acceptors (Lipinski definition) is 4. The van der Waals surface area contributed by atoms with Gasteiger partial charge in [-0.15, -0.1) is 6.42 Å². The van der Waals surface area contributed by atoms with E-state index in [0.29, 0.717) is 6.42 Å². The highest BCUT2D eigenvalue weighted by Gasteiger charge is 2.54. The quantitative estimate of drug-likeness (QED) is 0.876. The number of nitrogens with zero attached hydrogens (tertiary/aromatic N) is 3. The van der Waals surface area contributed by atoms with Crippen LogP contribution in [0.3, 0.4) is 0 Å². The maximum atomic E-state index is 11.8. The summed E-state index contributed by atoms with van der Waals surface area (Å²) in [4.78, 5) is 11.1. The average molecular weight is 333 g/mol. The molecule has 1 N–H and O–H groups in total. The minimum atomic E-state index is -1.02. The highest BCUT2D eigenvalue weighted by Crippen LogP contribution is 2.47. The first-order chi connectivity index (χ1) is 12.1. The minimum absolute atomic E-state index is 0.194. The molecular weight excluding hydrogens is 310 g/mol. The summed E-state index contributed by atoms with van der Waals surface area (Å²) in [6, 6.07) is 7.72. The van der Waals surface area contributed by atoms with Gasteiger partial charge in [0, 0.05) is 30.1 Å². The SMILES string of the molecule is C#CC1N2CCC(CC2)C1(O)c1ccc(C)nc1Cc1ccncc1. The monoisotopic (exact) mass is 333 g/mol. The Morgan fingerprint density at radius 3 is 2.64 bits per heavy atom. The number of pyridine rings is 2. The van der Waals surface area contributed by atoms with Crippen LogP contribution in [-0.4, -0.2) is 39.1 Å². The highest BCUT2D eigenvalue weighted by molar-refractivity contribution is 5.38. The molecule has 5 rings (SSSR count). The van der Waals surface area contributed by atoms with Crippen molar-refractivity contribution in [3.63, 3.8) is 0 Å². The number of aryl methyl sites for hydroxylation is 1. The Morgan fingerprint density at radius 2 is 1.96 bits per heavy atom. The fourth-order valence-corrected chi connectivity index (χ4v) is 4.50. The molecular formula is C21H23N3O. The Balaban J connectivity index is 1.81. The zero-order valence-electron chi connectivity index (χ0n) is 14.5. The maximum absolute atomic E-state index is 11.8. The third kappa shape index (κ3) is 2.64. The van der Waals surface area contributed by atoms with Crippen molar-refractivity contribution in [2.24, 2.45) is 5.92 Å². The van der Waals surface area contributed by atoms with Gasteiger partial charge < -0.3 is 5.11 Å². The van der Waals surface area contributed by atoms with Crippen molar-refractivity contribution in [3.05, 3.63) is 59.2 Å². The second-order valence-electron chi connectivity index (χ2n) is 7.18. The molecule has 2 aromatic rings. The van der Waals surface area contributed by atoms with Crippen molar-refractivity contribution in [2.45, 2.75) is 37.8 Å². The van der Waals surface area contributed by atoms with Gasteiger partial charge in [-0.1, -0.05) is 12.0 Å². The van der Waals surface area contributed by atoms with E-state index >= 15 is 0 Å². The van der Waals surface area contributed by atoms with Gasteiger partial charge in [0.25, 0.3) is 0 Å². The first-order valence-corrected chi connectivity index (χ1v) is 8.91. The van der Waals surface area contributed by atoms with Gasteiger partial charge in [-0.25, -0.2) is 0 Å². The molecule has 25 heavy (non-hydrogen) atoms. The highest BCUT2D eigenvalue weighted by atomic mass is 16.3. The molecule has 0 amide bonds. The molecule has 4 heteroatoms. The standard InChI is InChI=1S/C21H23N3O/c1-3-20-21(25,17-8-12-24(20)13-9-17)18-5-4-15(2)23-19(18)14-16-6-10-22-11-7-16/h1,4-7,10-11,17,20,25H,8-9,12-14H2,2H3. The Kier molecular flexibility index (Phi) is 4.07. The Morgan fingerprint density at radius 1 is 1.24 bits per heavy atom. The lowest BCUT2D eigenvalue weighted by atomic mass is 9.66. The molecule has 3 aliphatic heterocycles. The number of terminal acetylenes is 1. The molecule has 0 aromatic carbocycles. The summed E-state index contributed by atoms with van der Waals surface area (Å²) in [6.45, 7) is 3.93. The average Bonchev–Trinajstić information content (AvgIpc) is 2.63. The van der Waals surface area contributed by atoms with Gasteiger partial charge in [-0.3, -0.25) is 14.9 Å². The van der Waals surface area contributed by atoms with Gasteiger partial charge in [0.05, 0.1) is 5.69 Å². The molecule has 2 atom stereocenters. The van der Waals surface area contributed by atoms with E-state index in [0.717, 1.165) is 48.4 Å². The predicted molar refractivity (Wildman–Crippen MR) is 96.8 cm³/mol. The number of fused-ring (bicyclic) bond motifs is 3. The van der Waals surface area contributed by atoms with Crippen LogP contribution in [-0.2, 0) is 12.0 Å². The number of hydrogen-bond donors (Lipinski definition) is 1. The predicted octanol–water partition coefficient (Wildman–Crippen LogP) is 2.29. The van der Waals surface area contributed by atoms with Crippen LogP contribution in [0.15, 0.2) is 36.7 Å². The molecule has 3 fully saturated rings. The van der Waals surface area contributed by atoms with Gasteiger partial charge in [-0.2, -0.15) is 0 Å². The van der Waals surface area contributed by atoms with E-state index in [9.17, 15) is 5.11 Å². The van der Waals surface area contributed by atoms with E-state index in [4.69, 9.17) is 11.4 Å². The van der Waals surface area contributed by atoms with Gasteiger partial charge in [0.2, 0.25) is 0 Å². The Hall–Kier alpha value is -2.22. The number of aliphatic hydroxyl groups is 1. The van der Waals surface area contributed by atoms with Crippen LogP contribution in [0.2, 0.25) is 0 Å². The molecule has 4 nitrogen and oxygen atoms in total. The largest absolute Gasteiger partial charge is 0.382 e. The minimum Gasteiger partial charge on any atom is -0.382 e. The molecule has 0 radical (unpaired) electrons. The second kappa shape index (κ2) is 6.25. The fraction of sp³-hybridized carbons (Fsp3) is 0.429. The molecule has 3 aliphatic rings. The topological polar surface area (TPSA) is 49.2 Å². The summed E-state index contributed by atoms with van der Waals surface area (Å²) in [6.07, 6.45) is 12.1. The fourth-order valence-electron chi connectivity index (χ4n) is 4.50. The molecule has 3 saturated heterocycles. The molecule has 2 unspecified atom stereocenters. The summed E-state index contributed by atoms with van der Waals surface area (Å²) in [7, 11) is 0. The van der Waals surface area contributed by atoms with Gasteiger partial charge >= 0.3 is 0 Å². The van der Waals surface area contributed by atoms with E-state index in [1.54, 1.807) is 12.4 Å². The molecule has 0 saturated carbocycles. The van der Waals surface area contributed by atoms with Crippen LogP contribution in [0.25, 0.3) is 0 Å². The van der Waals surface area contributed by atoms with E-state index in [1.165, 1.54) is 0 Å². The zero-order valence-corrected chi connectivity index (χ0v) is 14.5.